The van der Waals surface area contributed by atoms with E-state index < -0.39 is 0 Å². The van der Waals surface area contributed by atoms with Crippen LogP contribution in [0.1, 0.15) is 36.7 Å². The number of hydrogen-bond donors (Lipinski definition) is 1. The van der Waals surface area contributed by atoms with Crippen LogP contribution < -0.4 is 5.32 Å². The molecule has 3 heteroatoms. The van der Waals surface area contributed by atoms with Crippen molar-refractivity contribution in [2.24, 2.45) is 5.92 Å². The molecule has 1 unspecified atom stereocenters. The van der Waals surface area contributed by atoms with E-state index in [4.69, 9.17) is 0 Å². The molecule has 0 amide bonds. The Morgan fingerprint density at radius 1 is 1.54 bits per heavy atom. The number of nitrogens with zero attached hydrogens (tertiary/aromatic N) is 1. The normalized spacial score (nSPS) is 13.6. The fourth-order valence-corrected chi connectivity index (χ4v) is 2.44. The third-order valence-corrected chi connectivity index (χ3v) is 3.03. The average Bonchev–Trinajstić information content (AvgIpc) is 2.46. The summed E-state index contributed by atoms with van der Waals surface area (Å²) in [7, 11) is 0. The molecule has 0 radical (unpaired) electrons. The topological polar surface area (TPSA) is 24.9 Å². The SMILES string of the molecule is CCNC(c1cnc(C)s1)C(C)C. The molecule has 1 aromatic rings. The molecule has 0 aromatic carbocycles. The summed E-state index contributed by atoms with van der Waals surface area (Å²) in [6.07, 6.45) is 1.99. The zero-order chi connectivity index (χ0) is 9.84. The second-order valence-corrected chi connectivity index (χ2v) is 4.83. The summed E-state index contributed by atoms with van der Waals surface area (Å²) in [5, 5.41) is 4.63. The maximum atomic E-state index is 4.28. The molecule has 0 aliphatic heterocycles. The van der Waals surface area contributed by atoms with Crippen molar-refractivity contribution < 1.29 is 0 Å². The van der Waals surface area contributed by atoms with Gasteiger partial charge < -0.3 is 5.32 Å². The highest BCUT2D eigenvalue weighted by molar-refractivity contribution is 7.11. The van der Waals surface area contributed by atoms with Gasteiger partial charge in [-0.2, -0.15) is 0 Å². The summed E-state index contributed by atoms with van der Waals surface area (Å²) < 4.78 is 0. The Morgan fingerprint density at radius 3 is 2.62 bits per heavy atom. The largest absolute Gasteiger partial charge is 0.309 e. The van der Waals surface area contributed by atoms with Crippen molar-refractivity contribution in [3.8, 4) is 0 Å². The molecule has 0 bridgehead atoms. The van der Waals surface area contributed by atoms with Crippen molar-refractivity contribution >= 4 is 11.3 Å². The standard InChI is InChI=1S/C10H18N2S/c1-5-11-10(7(2)3)9-6-12-8(4)13-9/h6-7,10-11H,5H2,1-4H3. The maximum absolute atomic E-state index is 4.28. The van der Waals surface area contributed by atoms with Gasteiger partial charge in [0.1, 0.15) is 0 Å². The van der Waals surface area contributed by atoms with Crippen LogP contribution in [0.2, 0.25) is 0 Å². The number of aromatic nitrogens is 1. The lowest BCUT2D eigenvalue weighted by Crippen LogP contribution is -2.24. The second-order valence-electron chi connectivity index (χ2n) is 3.56. The van der Waals surface area contributed by atoms with Crippen LogP contribution in [0.25, 0.3) is 0 Å². The Balaban J connectivity index is 2.75. The summed E-state index contributed by atoms with van der Waals surface area (Å²) in [5.41, 5.74) is 0. The van der Waals surface area contributed by atoms with Gasteiger partial charge >= 0.3 is 0 Å². The molecule has 74 valence electrons. The van der Waals surface area contributed by atoms with E-state index in [9.17, 15) is 0 Å². The smallest absolute Gasteiger partial charge is 0.0897 e. The molecule has 1 rings (SSSR count). The van der Waals surface area contributed by atoms with Crippen LogP contribution in [0.15, 0.2) is 6.20 Å². The molecule has 0 spiro atoms. The first kappa shape index (κ1) is 10.7. The molecule has 1 aromatic heterocycles. The van der Waals surface area contributed by atoms with E-state index in [0.717, 1.165) is 11.6 Å². The Morgan fingerprint density at radius 2 is 2.23 bits per heavy atom. The Hall–Kier alpha value is -0.410. The van der Waals surface area contributed by atoms with Gasteiger partial charge in [0.05, 0.1) is 5.01 Å². The van der Waals surface area contributed by atoms with E-state index in [2.05, 4.69) is 38.0 Å². The zero-order valence-corrected chi connectivity index (χ0v) is 9.61. The van der Waals surface area contributed by atoms with Gasteiger partial charge in [-0.15, -0.1) is 11.3 Å². The Labute approximate surface area is 84.4 Å². The van der Waals surface area contributed by atoms with Gasteiger partial charge in [-0.3, -0.25) is 0 Å². The molecule has 0 saturated heterocycles. The summed E-state index contributed by atoms with van der Waals surface area (Å²) in [6.45, 7) is 9.69. The van der Waals surface area contributed by atoms with E-state index in [1.54, 1.807) is 11.3 Å². The number of thiazole rings is 1. The van der Waals surface area contributed by atoms with Crippen molar-refractivity contribution in [1.29, 1.82) is 0 Å². The minimum Gasteiger partial charge on any atom is -0.309 e. The molecule has 1 heterocycles. The molecule has 0 aliphatic rings. The van der Waals surface area contributed by atoms with Crippen LogP contribution >= 0.6 is 11.3 Å². The minimum atomic E-state index is 0.469. The lowest BCUT2D eigenvalue weighted by Gasteiger charge is -2.19. The van der Waals surface area contributed by atoms with Crippen LogP contribution in [-0.2, 0) is 0 Å². The van der Waals surface area contributed by atoms with E-state index >= 15 is 0 Å². The molecule has 1 N–H and O–H groups in total. The third kappa shape index (κ3) is 2.78. The van der Waals surface area contributed by atoms with Gasteiger partial charge in [0.2, 0.25) is 0 Å². The zero-order valence-electron chi connectivity index (χ0n) is 8.79. The van der Waals surface area contributed by atoms with E-state index in [1.807, 2.05) is 6.20 Å². The van der Waals surface area contributed by atoms with Gasteiger partial charge in [0, 0.05) is 17.1 Å². The number of aryl methyl sites for hydroxylation is 1. The van der Waals surface area contributed by atoms with Crippen molar-refractivity contribution in [2.45, 2.75) is 33.7 Å². The van der Waals surface area contributed by atoms with Gasteiger partial charge in [-0.05, 0) is 19.4 Å². The lowest BCUT2D eigenvalue weighted by atomic mass is 10.0. The summed E-state index contributed by atoms with van der Waals surface area (Å²) in [4.78, 5) is 5.64. The first-order chi connectivity index (χ1) is 6.15. The highest BCUT2D eigenvalue weighted by Gasteiger charge is 2.16. The van der Waals surface area contributed by atoms with Crippen LogP contribution in [-0.4, -0.2) is 11.5 Å². The van der Waals surface area contributed by atoms with Crippen LogP contribution in [0, 0.1) is 12.8 Å². The van der Waals surface area contributed by atoms with Gasteiger partial charge in [0.25, 0.3) is 0 Å². The summed E-state index contributed by atoms with van der Waals surface area (Å²) >= 11 is 1.79. The molecular weight excluding hydrogens is 180 g/mol. The predicted molar refractivity (Wildman–Crippen MR) is 58.1 cm³/mol. The molecule has 2 nitrogen and oxygen atoms in total. The fourth-order valence-electron chi connectivity index (χ4n) is 1.41. The average molecular weight is 198 g/mol. The molecule has 0 saturated carbocycles. The monoisotopic (exact) mass is 198 g/mol. The first-order valence-electron chi connectivity index (χ1n) is 4.80. The second kappa shape index (κ2) is 4.72. The lowest BCUT2D eigenvalue weighted by molar-refractivity contribution is 0.427. The van der Waals surface area contributed by atoms with E-state index in [1.165, 1.54) is 4.88 Å². The van der Waals surface area contributed by atoms with Gasteiger partial charge in [0.15, 0.2) is 0 Å². The Kier molecular flexibility index (Phi) is 3.88. The van der Waals surface area contributed by atoms with Crippen LogP contribution in [0.4, 0.5) is 0 Å². The van der Waals surface area contributed by atoms with Gasteiger partial charge in [-0.1, -0.05) is 20.8 Å². The van der Waals surface area contributed by atoms with E-state index in [0.29, 0.717) is 12.0 Å². The summed E-state index contributed by atoms with van der Waals surface area (Å²) in [5.74, 6) is 0.625. The highest BCUT2D eigenvalue weighted by Crippen LogP contribution is 2.26. The number of hydrogen-bond acceptors (Lipinski definition) is 3. The third-order valence-electron chi connectivity index (χ3n) is 2.04. The highest BCUT2D eigenvalue weighted by atomic mass is 32.1. The fraction of sp³-hybridized carbons (Fsp3) is 0.700. The molecule has 0 aliphatic carbocycles. The van der Waals surface area contributed by atoms with Crippen molar-refractivity contribution in [3.63, 3.8) is 0 Å². The molecular formula is C10H18N2S. The van der Waals surface area contributed by atoms with Gasteiger partial charge in [-0.25, -0.2) is 4.98 Å². The summed E-state index contributed by atoms with van der Waals surface area (Å²) in [6, 6.07) is 0.469. The maximum Gasteiger partial charge on any atom is 0.0897 e. The molecule has 13 heavy (non-hydrogen) atoms. The Bertz CT molecular complexity index is 255. The number of nitrogens with one attached hydrogen (secondary N) is 1. The molecule has 1 atom stereocenters. The van der Waals surface area contributed by atoms with Crippen LogP contribution in [0.5, 0.6) is 0 Å². The van der Waals surface area contributed by atoms with E-state index in [-0.39, 0.29) is 0 Å². The minimum absolute atomic E-state index is 0.469. The quantitative estimate of drug-likeness (QED) is 0.804. The van der Waals surface area contributed by atoms with Crippen LogP contribution in [0.3, 0.4) is 0 Å². The van der Waals surface area contributed by atoms with Crippen molar-refractivity contribution in [2.75, 3.05) is 6.54 Å². The van der Waals surface area contributed by atoms with Crippen molar-refractivity contribution in [3.05, 3.63) is 16.1 Å². The predicted octanol–water partition coefficient (Wildman–Crippen LogP) is 2.76. The van der Waals surface area contributed by atoms with Crippen molar-refractivity contribution in [1.82, 2.24) is 10.3 Å². The number of rotatable bonds is 4. The first-order valence-corrected chi connectivity index (χ1v) is 5.62. The molecule has 0 fully saturated rings.